The Bertz CT molecular complexity index is 392. The second kappa shape index (κ2) is 11.3. The molecule has 0 radical (unpaired) electrons. The molecule has 0 aliphatic rings. The summed E-state index contributed by atoms with van der Waals surface area (Å²) in [7, 11) is 4.21. The number of nitrogens with zero attached hydrogens (tertiary/aromatic N) is 2. The number of halogens is 1. The highest BCUT2D eigenvalue weighted by Crippen LogP contribution is 2.23. The van der Waals surface area contributed by atoms with Gasteiger partial charge >= 0.3 is 0 Å². The van der Waals surface area contributed by atoms with E-state index in [-0.39, 0.29) is 24.0 Å². The second-order valence-corrected chi connectivity index (χ2v) is 6.15. The van der Waals surface area contributed by atoms with Crippen molar-refractivity contribution in [1.82, 2.24) is 15.5 Å². The summed E-state index contributed by atoms with van der Waals surface area (Å²) in [5, 5.41) is 8.87. The molecule has 1 heterocycles. The van der Waals surface area contributed by atoms with Crippen LogP contribution in [0.5, 0.6) is 0 Å². The molecule has 6 heteroatoms. The molecule has 0 aromatic carbocycles. The third kappa shape index (κ3) is 7.46. The lowest BCUT2D eigenvalue weighted by molar-refractivity contribution is 0.310. The van der Waals surface area contributed by atoms with Crippen molar-refractivity contribution in [2.75, 3.05) is 27.2 Å². The number of hydrogen-bond acceptors (Lipinski definition) is 3. The van der Waals surface area contributed by atoms with E-state index >= 15 is 0 Å². The van der Waals surface area contributed by atoms with E-state index < -0.39 is 0 Å². The minimum atomic E-state index is 0. The van der Waals surface area contributed by atoms with Crippen LogP contribution in [0.15, 0.2) is 22.5 Å². The van der Waals surface area contributed by atoms with Gasteiger partial charge < -0.3 is 15.5 Å². The second-order valence-electron chi connectivity index (χ2n) is 5.17. The normalized spacial score (nSPS) is 14.5. The van der Waals surface area contributed by atoms with Crippen LogP contribution < -0.4 is 10.6 Å². The molecule has 0 bridgehead atoms. The van der Waals surface area contributed by atoms with Gasteiger partial charge in [0.05, 0.1) is 12.6 Å². The molecule has 0 spiro atoms. The average Bonchev–Trinajstić information content (AvgIpc) is 2.92. The average molecular weight is 424 g/mol. The number of nitrogens with one attached hydrogen (secondary N) is 2. The van der Waals surface area contributed by atoms with E-state index in [1.165, 1.54) is 4.88 Å². The van der Waals surface area contributed by atoms with Crippen LogP contribution in [0.25, 0.3) is 0 Å². The summed E-state index contributed by atoms with van der Waals surface area (Å²) in [6.07, 6.45) is 1.09. The Morgan fingerprint density at radius 2 is 2.10 bits per heavy atom. The first-order valence-corrected chi connectivity index (χ1v) is 8.21. The van der Waals surface area contributed by atoms with Crippen molar-refractivity contribution < 1.29 is 0 Å². The highest BCUT2D eigenvalue weighted by molar-refractivity contribution is 14.0. The summed E-state index contributed by atoms with van der Waals surface area (Å²) in [4.78, 5) is 8.32. The molecular weight excluding hydrogens is 395 g/mol. The van der Waals surface area contributed by atoms with Gasteiger partial charge in [-0.2, -0.15) is 0 Å². The molecule has 1 aromatic rings. The van der Waals surface area contributed by atoms with Crippen LogP contribution in [-0.4, -0.2) is 44.1 Å². The zero-order valence-corrected chi connectivity index (χ0v) is 16.9. The van der Waals surface area contributed by atoms with E-state index in [0.717, 1.165) is 25.5 Å². The number of likely N-dealkylation sites (N-methyl/N-ethyl adjacent to an activating group) is 1. The molecule has 0 aliphatic heterocycles. The van der Waals surface area contributed by atoms with Crippen molar-refractivity contribution in [3.63, 3.8) is 0 Å². The van der Waals surface area contributed by atoms with Crippen molar-refractivity contribution >= 4 is 41.3 Å². The predicted molar refractivity (Wildman–Crippen MR) is 105 cm³/mol. The minimum Gasteiger partial charge on any atom is -0.357 e. The zero-order chi connectivity index (χ0) is 15.0. The fraction of sp³-hybridized carbons (Fsp3) is 0.667. The first-order chi connectivity index (χ1) is 9.58. The summed E-state index contributed by atoms with van der Waals surface area (Å²) in [6.45, 7) is 8.09. The largest absolute Gasteiger partial charge is 0.357 e. The molecular formula is C15H29IN4S. The van der Waals surface area contributed by atoms with E-state index in [0.29, 0.717) is 12.1 Å². The van der Waals surface area contributed by atoms with Gasteiger partial charge in [-0.3, -0.25) is 4.99 Å². The fourth-order valence-corrected chi connectivity index (χ4v) is 2.74. The van der Waals surface area contributed by atoms with Gasteiger partial charge in [-0.05, 0) is 45.8 Å². The number of thiophene rings is 1. The van der Waals surface area contributed by atoms with Crippen molar-refractivity contribution in [2.45, 2.75) is 39.3 Å². The van der Waals surface area contributed by atoms with Crippen LogP contribution in [0.3, 0.4) is 0 Å². The zero-order valence-electron chi connectivity index (χ0n) is 13.7. The summed E-state index contributed by atoms with van der Waals surface area (Å²) in [5.74, 6) is 0.908. The Hall–Kier alpha value is -0.340. The smallest absolute Gasteiger partial charge is 0.191 e. The first kappa shape index (κ1) is 20.7. The van der Waals surface area contributed by atoms with Crippen molar-refractivity contribution in [1.29, 1.82) is 0 Å². The highest BCUT2D eigenvalue weighted by atomic mass is 127. The highest BCUT2D eigenvalue weighted by Gasteiger charge is 2.15. The third-order valence-electron chi connectivity index (χ3n) is 3.26. The lowest BCUT2D eigenvalue weighted by Gasteiger charge is -2.23. The van der Waals surface area contributed by atoms with Crippen LogP contribution in [0.2, 0.25) is 0 Å². The van der Waals surface area contributed by atoms with Gasteiger partial charge in [-0.15, -0.1) is 35.3 Å². The number of guanidine groups is 1. The fourth-order valence-electron chi connectivity index (χ4n) is 1.82. The van der Waals surface area contributed by atoms with Crippen LogP contribution in [-0.2, 0) is 0 Å². The van der Waals surface area contributed by atoms with Gasteiger partial charge in [0.1, 0.15) is 0 Å². The summed E-state index contributed by atoms with van der Waals surface area (Å²) in [6, 6.07) is 5.05. The maximum atomic E-state index is 4.74. The van der Waals surface area contributed by atoms with Crippen LogP contribution in [0, 0.1) is 0 Å². The van der Waals surface area contributed by atoms with Crippen molar-refractivity contribution in [3.05, 3.63) is 22.4 Å². The van der Waals surface area contributed by atoms with Gasteiger partial charge in [0, 0.05) is 17.5 Å². The van der Waals surface area contributed by atoms with Crippen LogP contribution in [0.1, 0.15) is 38.1 Å². The van der Waals surface area contributed by atoms with E-state index in [4.69, 9.17) is 4.99 Å². The van der Waals surface area contributed by atoms with Gasteiger partial charge in [-0.1, -0.05) is 13.0 Å². The summed E-state index contributed by atoms with van der Waals surface area (Å²) >= 11 is 1.79. The molecule has 0 fully saturated rings. The molecule has 2 atom stereocenters. The Morgan fingerprint density at radius 3 is 2.57 bits per heavy atom. The monoisotopic (exact) mass is 424 g/mol. The molecule has 2 unspecified atom stereocenters. The van der Waals surface area contributed by atoms with Gasteiger partial charge in [0.15, 0.2) is 5.96 Å². The van der Waals surface area contributed by atoms with Crippen molar-refractivity contribution in [3.8, 4) is 0 Å². The van der Waals surface area contributed by atoms with E-state index in [2.05, 4.69) is 67.9 Å². The molecule has 0 amide bonds. The van der Waals surface area contributed by atoms with E-state index in [1.54, 1.807) is 11.3 Å². The molecule has 2 N–H and O–H groups in total. The van der Waals surface area contributed by atoms with Gasteiger partial charge in [0.2, 0.25) is 0 Å². The topological polar surface area (TPSA) is 39.7 Å². The molecule has 1 aromatic heterocycles. The maximum Gasteiger partial charge on any atom is 0.191 e. The first-order valence-electron chi connectivity index (χ1n) is 7.33. The van der Waals surface area contributed by atoms with Crippen LogP contribution in [0.4, 0.5) is 0 Å². The molecule has 122 valence electrons. The van der Waals surface area contributed by atoms with Crippen LogP contribution >= 0.6 is 35.3 Å². The molecule has 0 saturated carbocycles. The molecule has 21 heavy (non-hydrogen) atoms. The SMILES string of the molecule is CCNC(=NCC(c1cccs1)N(C)C)NC(C)CC.I. The van der Waals surface area contributed by atoms with E-state index in [9.17, 15) is 0 Å². The Kier molecular flexibility index (Phi) is 11.1. The lowest BCUT2D eigenvalue weighted by atomic mass is 10.2. The number of rotatable bonds is 7. The quantitative estimate of drug-likeness (QED) is 0.401. The number of hydrogen-bond donors (Lipinski definition) is 2. The van der Waals surface area contributed by atoms with E-state index in [1.807, 2.05) is 0 Å². The third-order valence-corrected chi connectivity index (χ3v) is 4.23. The molecule has 4 nitrogen and oxygen atoms in total. The summed E-state index contributed by atoms with van der Waals surface area (Å²) in [5.41, 5.74) is 0. The molecule has 0 saturated heterocycles. The van der Waals surface area contributed by atoms with Crippen molar-refractivity contribution in [2.24, 2.45) is 4.99 Å². The van der Waals surface area contributed by atoms with Gasteiger partial charge in [0.25, 0.3) is 0 Å². The maximum absolute atomic E-state index is 4.74. The minimum absolute atomic E-state index is 0. The predicted octanol–water partition coefficient (Wildman–Crippen LogP) is 3.32. The lowest BCUT2D eigenvalue weighted by Crippen LogP contribution is -2.42. The van der Waals surface area contributed by atoms with Gasteiger partial charge in [-0.25, -0.2) is 0 Å². The summed E-state index contributed by atoms with van der Waals surface area (Å²) < 4.78 is 0. The number of aliphatic imine (C=N–C) groups is 1. The molecule has 0 aliphatic carbocycles. The Labute approximate surface area is 150 Å². The standard InChI is InChI=1S/C15H28N4S.HI/c1-6-12(3)18-15(16-7-2)17-11-13(19(4)5)14-9-8-10-20-14;/h8-10,12-13H,6-7,11H2,1-5H3,(H2,16,17,18);1H. The molecule has 1 rings (SSSR count). The Balaban J connectivity index is 0.00000400. The Morgan fingerprint density at radius 1 is 1.38 bits per heavy atom.